The number of hydrogen-bond donors (Lipinski definition) is 1. The van der Waals surface area contributed by atoms with E-state index in [1.54, 1.807) is 4.40 Å². The number of ether oxygens (including phenoxy) is 1. The molecular weight excluding hydrogens is 494 g/mol. The van der Waals surface area contributed by atoms with Crippen molar-refractivity contribution < 1.29 is 27.1 Å². The number of carbonyl (C=O) groups excluding carboxylic acids is 1. The maximum absolute atomic E-state index is 15.2. The standard InChI is InChI=1S/C24H21F4N7O2/c25-16-6-18-19(35-12-30-8-20(35)22(29)32-18)5-15(16)23(36)34-4-3-33(14-10-37-11-14)9-21(34)17-2-1-13(7-31-17)24(26,27)28/h1-2,5-8,12,14,21H,3-4,9-11H2,(H2,29,32). The van der Waals surface area contributed by atoms with E-state index in [0.29, 0.717) is 43.0 Å². The van der Waals surface area contributed by atoms with Gasteiger partial charge in [-0.3, -0.25) is 19.1 Å². The molecule has 3 aromatic heterocycles. The molecule has 0 saturated carbocycles. The molecule has 1 amide bonds. The van der Waals surface area contributed by atoms with E-state index in [2.05, 4.69) is 19.9 Å². The number of carbonyl (C=O) groups is 1. The number of nitrogen functional groups attached to an aromatic ring is 1. The second kappa shape index (κ2) is 8.63. The van der Waals surface area contributed by atoms with Gasteiger partial charge in [0.25, 0.3) is 5.91 Å². The van der Waals surface area contributed by atoms with Crippen LogP contribution in [0.3, 0.4) is 0 Å². The average molecular weight is 515 g/mol. The molecule has 2 N–H and O–H groups in total. The number of rotatable bonds is 3. The van der Waals surface area contributed by atoms with Crippen molar-refractivity contribution in [3.05, 3.63) is 65.6 Å². The van der Waals surface area contributed by atoms with Crippen molar-refractivity contribution in [3.63, 3.8) is 0 Å². The molecule has 4 aromatic rings. The number of nitrogens with two attached hydrogens (primary N) is 1. The summed E-state index contributed by atoms with van der Waals surface area (Å²) >= 11 is 0. The van der Waals surface area contributed by atoms with Gasteiger partial charge in [-0.25, -0.2) is 14.4 Å². The first-order valence-electron chi connectivity index (χ1n) is 11.6. The van der Waals surface area contributed by atoms with E-state index < -0.39 is 29.5 Å². The summed E-state index contributed by atoms with van der Waals surface area (Å²) < 4.78 is 61.5. The molecule has 37 heavy (non-hydrogen) atoms. The molecule has 13 heteroatoms. The first kappa shape index (κ1) is 23.6. The molecule has 2 aliphatic heterocycles. The Balaban J connectivity index is 1.39. The monoisotopic (exact) mass is 515 g/mol. The van der Waals surface area contributed by atoms with E-state index in [1.165, 1.54) is 29.6 Å². The summed E-state index contributed by atoms with van der Waals surface area (Å²) in [5.74, 6) is -1.20. The summed E-state index contributed by atoms with van der Waals surface area (Å²) in [6.07, 6.45) is -0.766. The van der Waals surface area contributed by atoms with Crippen molar-refractivity contribution in [2.75, 3.05) is 38.6 Å². The molecule has 2 saturated heterocycles. The van der Waals surface area contributed by atoms with Gasteiger partial charge in [-0.05, 0) is 18.2 Å². The lowest BCUT2D eigenvalue weighted by atomic mass is 10.0. The molecule has 5 heterocycles. The maximum Gasteiger partial charge on any atom is 0.417 e. The van der Waals surface area contributed by atoms with Crippen molar-refractivity contribution in [1.29, 1.82) is 0 Å². The lowest BCUT2D eigenvalue weighted by Crippen LogP contribution is -2.58. The third kappa shape index (κ3) is 4.03. The largest absolute Gasteiger partial charge is 0.417 e. The number of nitrogens with zero attached hydrogens (tertiary/aromatic N) is 6. The number of fused-ring (bicyclic) bond motifs is 3. The van der Waals surface area contributed by atoms with Crippen molar-refractivity contribution in [2.24, 2.45) is 0 Å². The first-order valence-corrected chi connectivity index (χ1v) is 11.6. The fourth-order valence-electron chi connectivity index (χ4n) is 4.85. The van der Waals surface area contributed by atoms with E-state index >= 15 is 4.39 Å². The highest BCUT2D eigenvalue weighted by molar-refractivity contribution is 5.98. The Morgan fingerprint density at radius 1 is 1.11 bits per heavy atom. The second-order valence-corrected chi connectivity index (χ2v) is 9.14. The van der Waals surface area contributed by atoms with Crippen molar-refractivity contribution >= 4 is 28.3 Å². The molecule has 192 valence electrons. The van der Waals surface area contributed by atoms with Crippen LogP contribution in [0.15, 0.2) is 43.0 Å². The summed E-state index contributed by atoms with van der Waals surface area (Å²) in [4.78, 5) is 29.7. The van der Waals surface area contributed by atoms with Gasteiger partial charge in [0, 0.05) is 31.9 Å². The highest BCUT2D eigenvalue weighted by Gasteiger charge is 2.39. The topological polar surface area (TPSA) is 102 Å². The second-order valence-electron chi connectivity index (χ2n) is 9.14. The Morgan fingerprint density at radius 3 is 2.59 bits per heavy atom. The van der Waals surface area contributed by atoms with Gasteiger partial charge in [0.15, 0.2) is 0 Å². The van der Waals surface area contributed by atoms with E-state index in [1.807, 2.05) is 0 Å². The van der Waals surface area contributed by atoms with E-state index in [4.69, 9.17) is 10.5 Å². The predicted octanol–water partition coefficient (Wildman–Crippen LogP) is 2.92. The summed E-state index contributed by atoms with van der Waals surface area (Å²) in [6.45, 7) is 2.16. The van der Waals surface area contributed by atoms with Crippen LogP contribution in [-0.2, 0) is 10.9 Å². The van der Waals surface area contributed by atoms with Gasteiger partial charge in [0.2, 0.25) is 0 Å². The maximum atomic E-state index is 15.2. The van der Waals surface area contributed by atoms with Gasteiger partial charge in [-0.15, -0.1) is 0 Å². The van der Waals surface area contributed by atoms with Gasteiger partial charge in [0.05, 0.1) is 65.7 Å². The Hall–Kier alpha value is -3.84. The zero-order valence-corrected chi connectivity index (χ0v) is 19.3. The number of halogens is 4. The normalized spacial score (nSPS) is 19.5. The van der Waals surface area contributed by atoms with Crippen LogP contribution in [0.1, 0.15) is 27.7 Å². The van der Waals surface area contributed by atoms with Gasteiger partial charge in [-0.2, -0.15) is 13.2 Å². The van der Waals surface area contributed by atoms with Crippen LogP contribution in [0, 0.1) is 5.82 Å². The molecule has 1 atom stereocenters. The van der Waals surface area contributed by atoms with Gasteiger partial charge >= 0.3 is 6.18 Å². The van der Waals surface area contributed by atoms with E-state index in [0.717, 1.165) is 18.3 Å². The number of pyridine rings is 1. The van der Waals surface area contributed by atoms with Crippen molar-refractivity contribution in [2.45, 2.75) is 18.3 Å². The number of anilines is 1. The number of amides is 1. The fraction of sp³-hybridized carbons (Fsp3) is 0.333. The molecular formula is C24H21F4N7O2. The summed E-state index contributed by atoms with van der Waals surface area (Å²) in [6, 6.07) is 4.23. The minimum atomic E-state index is -4.53. The van der Waals surface area contributed by atoms with E-state index in [9.17, 15) is 18.0 Å². The van der Waals surface area contributed by atoms with Crippen LogP contribution in [-0.4, -0.2) is 73.9 Å². The van der Waals surface area contributed by atoms with Gasteiger partial charge in [0.1, 0.15) is 17.2 Å². The number of aromatic nitrogens is 4. The molecule has 9 nitrogen and oxygen atoms in total. The summed E-state index contributed by atoms with van der Waals surface area (Å²) in [5, 5.41) is 0. The molecule has 0 spiro atoms. The van der Waals surface area contributed by atoms with Gasteiger partial charge in [-0.1, -0.05) is 0 Å². The molecule has 1 unspecified atom stereocenters. The smallest absolute Gasteiger partial charge is 0.382 e. The zero-order valence-electron chi connectivity index (χ0n) is 19.3. The predicted molar refractivity (Wildman–Crippen MR) is 124 cm³/mol. The van der Waals surface area contributed by atoms with Crippen LogP contribution in [0.2, 0.25) is 0 Å². The third-order valence-electron chi connectivity index (χ3n) is 6.96. The highest BCUT2D eigenvalue weighted by Crippen LogP contribution is 2.33. The minimum Gasteiger partial charge on any atom is -0.382 e. The van der Waals surface area contributed by atoms with Crippen molar-refractivity contribution in [3.8, 4) is 0 Å². The Bertz CT molecular complexity index is 1500. The Labute approximate surface area is 207 Å². The Kier molecular flexibility index (Phi) is 5.49. The summed E-state index contributed by atoms with van der Waals surface area (Å²) in [7, 11) is 0. The molecule has 0 bridgehead atoms. The quantitative estimate of drug-likeness (QED) is 0.419. The average Bonchev–Trinajstić information content (AvgIpc) is 3.33. The Morgan fingerprint density at radius 2 is 1.92 bits per heavy atom. The van der Waals surface area contributed by atoms with Crippen LogP contribution in [0.25, 0.3) is 16.6 Å². The van der Waals surface area contributed by atoms with Gasteiger partial charge < -0.3 is 15.4 Å². The molecule has 1 aromatic carbocycles. The summed E-state index contributed by atoms with van der Waals surface area (Å²) in [5.41, 5.74) is 6.38. The number of imidazole rings is 1. The number of piperazine rings is 1. The minimum absolute atomic E-state index is 0.151. The first-order chi connectivity index (χ1) is 17.7. The van der Waals surface area contributed by atoms with Crippen LogP contribution >= 0.6 is 0 Å². The molecule has 2 aliphatic rings. The SMILES string of the molecule is Nc1nc2cc(F)c(C(=O)N3CCN(C4COC4)CC3c3ccc(C(F)(F)F)cn3)cc2n2cncc12. The lowest BCUT2D eigenvalue weighted by molar-refractivity contribution is -0.137. The number of alkyl halides is 3. The lowest BCUT2D eigenvalue weighted by Gasteiger charge is -2.46. The van der Waals surface area contributed by atoms with Crippen molar-refractivity contribution in [1.82, 2.24) is 29.2 Å². The van der Waals surface area contributed by atoms with E-state index in [-0.39, 0.29) is 29.5 Å². The highest BCUT2D eigenvalue weighted by atomic mass is 19.4. The molecule has 6 rings (SSSR count). The molecule has 2 fully saturated rings. The van der Waals surface area contributed by atoms with Crippen LogP contribution in [0.4, 0.5) is 23.4 Å². The van der Waals surface area contributed by atoms with Crippen LogP contribution in [0.5, 0.6) is 0 Å². The third-order valence-corrected chi connectivity index (χ3v) is 6.96. The molecule has 0 radical (unpaired) electrons. The molecule has 0 aliphatic carbocycles. The zero-order chi connectivity index (χ0) is 25.9. The number of benzene rings is 1. The van der Waals surface area contributed by atoms with Crippen LogP contribution < -0.4 is 5.73 Å². The fourth-order valence-corrected chi connectivity index (χ4v) is 4.85. The number of hydrogen-bond acceptors (Lipinski definition) is 7.